The molecule has 3 nitrogen and oxygen atoms in total. The lowest BCUT2D eigenvalue weighted by Gasteiger charge is -2.33. The maximum Gasteiger partial charge on any atom is 0.0748 e. The van der Waals surface area contributed by atoms with E-state index >= 15 is 0 Å². The van der Waals surface area contributed by atoms with E-state index in [0.29, 0.717) is 25.2 Å². The van der Waals surface area contributed by atoms with Crippen molar-refractivity contribution in [1.82, 2.24) is 4.90 Å². The molecule has 1 heterocycles. The van der Waals surface area contributed by atoms with Gasteiger partial charge >= 0.3 is 0 Å². The lowest BCUT2D eigenvalue weighted by Crippen LogP contribution is -2.40. The first kappa shape index (κ1) is 15.9. The van der Waals surface area contributed by atoms with Crippen LogP contribution in [-0.2, 0) is 9.47 Å². The van der Waals surface area contributed by atoms with Crippen LogP contribution in [0.2, 0.25) is 0 Å². The van der Waals surface area contributed by atoms with Crippen LogP contribution in [0.25, 0.3) is 0 Å². The highest BCUT2D eigenvalue weighted by atomic mass is 16.5. The van der Waals surface area contributed by atoms with Crippen LogP contribution in [0.15, 0.2) is 0 Å². The number of hydrogen-bond donors (Lipinski definition) is 0. The molecule has 1 fully saturated rings. The third-order valence-corrected chi connectivity index (χ3v) is 3.95. The molecule has 1 saturated heterocycles. The number of ether oxygens (including phenoxy) is 2. The Labute approximate surface area is 113 Å². The van der Waals surface area contributed by atoms with Gasteiger partial charge in [-0.25, -0.2) is 0 Å². The molecule has 0 aliphatic carbocycles. The molecule has 0 spiro atoms. The van der Waals surface area contributed by atoms with Gasteiger partial charge in [-0.15, -0.1) is 0 Å². The zero-order chi connectivity index (χ0) is 14.0. The standard InChI is InChI=1S/C15H31NO2/c1-14(2,3)12-10-16(15(4,5)6)11-13(12)18-9-8-17-7/h12-13H,8-11H2,1-7H3/t12?,13-/m0/s1. The van der Waals surface area contributed by atoms with Crippen molar-refractivity contribution >= 4 is 0 Å². The van der Waals surface area contributed by atoms with Crippen molar-refractivity contribution in [3.63, 3.8) is 0 Å². The molecule has 108 valence electrons. The molecular weight excluding hydrogens is 226 g/mol. The van der Waals surface area contributed by atoms with Crippen LogP contribution in [-0.4, -0.2) is 50.0 Å². The second-order valence-corrected chi connectivity index (χ2v) is 7.45. The molecular formula is C15H31NO2. The van der Waals surface area contributed by atoms with Crippen LogP contribution in [0.1, 0.15) is 41.5 Å². The molecule has 0 radical (unpaired) electrons. The molecule has 0 aromatic carbocycles. The quantitative estimate of drug-likeness (QED) is 0.723. The van der Waals surface area contributed by atoms with E-state index in [2.05, 4.69) is 46.4 Å². The minimum atomic E-state index is 0.225. The summed E-state index contributed by atoms with van der Waals surface area (Å²) in [5, 5.41) is 0. The second-order valence-electron chi connectivity index (χ2n) is 7.45. The highest BCUT2D eigenvalue weighted by Gasteiger charge is 2.43. The normalized spacial score (nSPS) is 26.8. The predicted octanol–water partition coefficient (Wildman–Crippen LogP) is 2.79. The van der Waals surface area contributed by atoms with Gasteiger partial charge in [-0.2, -0.15) is 0 Å². The van der Waals surface area contributed by atoms with Crippen LogP contribution < -0.4 is 0 Å². The zero-order valence-electron chi connectivity index (χ0n) is 13.2. The van der Waals surface area contributed by atoms with E-state index in [0.717, 1.165) is 13.1 Å². The summed E-state index contributed by atoms with van der Waals surface area (Å²) in [7, 11) is 1.72. The van der Waals surface area contributed by atoms with Crippen molar-refractivity contribution in [2.24, 2.45) is 11.3 Å². The van der Waals surface area contributed by atoms with Gasteiger partial charge in [0.1, 0.15) is 0 Å². The fourth-order valence-corrected chi connectivity index (χ4v) is 2.60. The molecule has 3 heteroatoms. The maximum atomic E-state index is 6.04. The molecule has 0 aromatic heterocycles. The van der Waals surface area contributed by atoms with E-state index in [4.69, 9.17) is 9.47 Å². The summed E-state index contributed by atoms with van der Waals surface area (Å²) in [5.41, 5.74) is 0.514. The summed E-state index contributed by atoms with van der Waals surface area (Å²) >= 11 is 0. The Morgan fingerprint density at radius 1 is 1.00 bits per heavy atom. The largest absolute Gasteiger partial charge is 0.382 e. The Morgan fingerprint density at radius 3 is 2.06 bits per heavy atom. The Hall–Kier alpha value is -0.120. The first-order valence-electron chi connectivity index (χ1n) is 7.02. The number of nitrogens with zero attached hydrogens (tertiary/aromatic N) is 1. The smallest absolute Gasteiger partial charge is 0.0748 e. The summed E-state index contributed by atoms with van der Waals surface area (Å²) in [4.78, 5) is 2.54. The van der Waals surface area contributed by atoms with Crippen LogP contribution in [0.4, 0.5) is 0 Å². The molecule has 0 amide bonds. The number of methoxy groups -OCH3 is 1. The van der Waals surface area contributed by atoms with Crippen molar-refractivity contribution in [2.45, 2.75) is 53.2 Å². The number of rotatable bonds is 4. The molecule has 0 bridgehead atoms. The van der Waals surface area contributed by atoms with E-state index in [-0.39, 0.29) is 11.0 Å². The van der Waals surface area contributed by atoms with Gasteiger partial charge in [0.05, 0.1) is 19.3 Å². The average Bonchev–Trinajstić information content (AvgIpc) is 2.61. The highest BCUT2D eigenvalue weighted by molar-refractivity contribution is 4.95. The van der Waals surface area contributed by atoms with Crippen molar-refractivity contribution in [3.8, 4) is 0 Å². The van der Waals surface area contributed by atoms with Gasteiger partial charge in [-0.05, 0) is 26.2 Å². The Kier molecular flexibility index (Phi) is 5.22. The van der Waals surface area contributed by atoms with Gasteiger partial charge in [0.15, 0.2) is 0 Å². The minimum Gasteiger partial charge on any atom is -0.382 e. The third kappa shape index (κ3) is 4.22. The van der Waals surface area contributed by atoms with Gasteiger partial charge in [-0.1, -0.05) is 20.8 Å². The SMILES string of the molecule is COCCO[C@H]1CN(C(C)(C)C)CC1C(C)(C)C. The van der Waals surface area contributed by atoms with Gasteiger partial charge in [0, 0.05) is 31.7 Å². The minimum absolute atomic E-state index is 0.225. The molecule has 0 saturated carbocycles. The van der Waals surface area contributed by atoms with Crippen LogP contribution in [0.3, 0.4) is 0 Å². The van der Waals surface area contributed by atoms with Gasteiger partial charge in [0.25, 0.3) is 0 Å². The molecule has 2 atom stereocenters. The Bertz CT molecular complexity index is 252. The Balaban J connectivity index is 2.67. The molecule has 18 heavy (non-hydrogen) atoms. The van der Waals surface area contributed by atoms with Crippen molar-refractivity contribution in [1.29, 1.82) is 0 Å². The molecule has 1 unspecified atom stereocenters. The molecule has 0 aromatic rings. The zero-order valence-corrected chi connectivity index (χ0v) is 13.2. The number of hydrogen-bond acceptors (Lipinski definition) is 3. The summed E-state index contributed by atoms with van der Waals surface area (Å²) in [6, 6.07) is 0. The van der Waals surface area contributed by atoms with Crippen molar-refractivity contribution in [2.75, 3.05) is 33.4 Å². The number of likely N-dealkylation sites (tertiary alicyclic amines) is 1. The summed E-state index contributed by atoms with van der Waals surface area (Å²) in [6.45, 7) is 17.3. The molecule has 0 N–H and O–H groups in total. The van der Waals surface area contributed by atoms with E-state index in [1.807, 2.05) is 0 Å². The summed E-state index contributed by atoms with van der Waals surface area (Å²) in [6.07, 6.45) is 0.333. The molecule has 1 aliphatic rings. The van der Waals surface area contributed by atoms with Gasteiger partial charge in [-0.3, -0.25) is 4.90 Å². The fraction of sp³-hybridized carbons (Fsp3) is 1.00. The molecule has 1 rings (SSSR count). The average molecular weight is 257 g/mol. The van der Waals surface area contributed by atoms with E-state index in [1.54, 1.807) is 7.11 Å². The lowest BCUT2D eigenvalue weighted by atomic mass is 9.79. The summed E-state index contributed by atoms with van der Waals surface area (Å²) < 4.78 is 11.1. The maximum absolute atomic E-state index is 6.04. The summed E-state index contributed by atoms with van der Waals surface area (Å²) in [5.74, 6) is 0.591. The van der Waals surface area contributed by atoms with E-state index < -0.39 is 0 Å². The van der Waals surface area contributed by atoms with Gasteiger partial charge < -0.3 is 9.47 Å². The highest BCUT2D eigenvalue weighted by Crippen LogP contribution is 2.37. The first-order valence-corrected chi connectivity index (χ1v) is 7.02. The molecule has 1 aliphatic heterocycles. The van der Waals surface area contributed by atoms with E-state index in [9.17, 15) is 0 Å². The monoisotopic (exact) mass is 257 g/mol. The van der Waals surface area contributed by atoms with E-state index in [1.165, 1.54) is 0 Å². The van der Waals surface area contributed by atoms with Gasteiger partial charge in [0.2, 0.25) is 0 Å². The fourth-order valence-electron chi connectivity index (χ4n) is 2.60. The van der Waals surface area contributed by atoms with Crippen LogP contribution in [0.5, 0.6) is 0 Å². The first-order chi connectivity index (χ1) is 8.16. The lowest BCUT2D eigenvalue weighted by molar-refractivity contribution is -0.0193. The van der Waals surface area contributed by atoms with Crippen LogP contribution >= 0.6 is 0 Å². The van der Waals surface area contributed by atoms with Crippen molar-refractivity contribution < 1.29 is 9.47 Å². The van der Waals surface area contributed by atoms with Crippen molar-refractivity contribution in [3.05, 3.63) is 0 Å². The Morgan fingerprint density at radius 2 is 1.61 bits per heavy atom. The van der Waals surface area contributed by atoms with Crippen LogP contribution in [0, 0.1) is 11.3 Å². The third-order valence-electron chi connectivity index (χ3n) is 3.95. The topological polar surface area (TPSA) is 21.7 Å². The second kappa shape index (κ2) is 5.89. The predicted molar refractivity (Wildman–Crippen MR) is 75.9 cm³/mol.